The average molecular weight is 284 g/mol. The molecule has 4 nitrogen and oxygen atoms in total. The van der Waals surface area contributed by atoms with Crippen molar-refractivity contribution in [2.75, 3.05) is 6.54 Å². The summed E-state index contributed by atoms with van der Waals surface area (Å²) < 4.78 is 27.1. The molecule has 19 heavy (non-hydrogen) atoms. The Labute approximate surface area is 116 Å². The Hall–Kier alpha value is -0.910. The Kier molecular flexibility index (Phi) is 5.97. The van der Waals surface area contributed by atoms with E-state index >= 15 is 0 Å². The second kappa shape index (κ2) is 7.03. The Morgan fingerprint density at radius 3 is 2.42 bits per heavy atom. The maximum atomic E-state index is 12.2. The van der Waals surface area contributed by atoms with Crippen LogP contribution in [0.4, 0.5) is 0 Å². The average Bonchev–Trinajstić information content (AvgIpc) is 2.34. The van der Waals surface area contributed by atoms with Crippen LogP contribution in [0, 0.1) is 13.8 Å². The van der Waals surface area contributed by atoms with Gasteiger partial charge in [0.25, 0.3) is 0 Å². The zero-order valence-electron chi connectivity index (χ0n) is 12.0. The third-order valence-corrected chi connectivity index (χ3v) is 4.82. The molecule has 1 aromatic carbocycles. The van der Waals surface area contributed by atoms with Gasteiger partial charge in [-0.25, -0.2) is 13.1 Å². The molecule has 0 bridgehead atoms. The minimum Gasteiger partial charge on any atom is -0.326 e. The van der Waals surface area contributed by atoms with Gasteiger partial charge in [0.05, 0.1) is 4.90 Å². The van der Waals surface area contributed by atoms with Gasteiger partial charge in [0, 0.05) is 13.1 Å². The summed E-state index contributed by atoms with van der Waals surface area (Å²) in [5.41, 5.74) is 8.31. The van der Waals surface area contributed by atoms with Crippen LogP contribution in [0.5, 0.6) is 0 Å². The van der Waals surface area contributed by atoms with Crippen LogP contribution >= 0.6 is 0 Å². The van der Waals surface area contributed by atoms with E-state index in [4.69, 9.17) is 5.73 Å². The molecule has 1 aromatic rings. The fourth-order valence-corrected chi connectivity index (χ4v) is 3.39. The normalized spacial score (nSPS) is 11.8. The van der Waals surface area contributed by atoms with Crippen molar-refractivity contribution in [3.05, 3.63) is 28.8 Å². The second-order valence-electron chi connectivity index (χ2n) is 4.85. The first-order valence-corrected chi connectivity index (χ1v) is 8.20. The van der Waals surface area contributed by atoms with Crippen molar-refractivity contribution in [1.82, 2.24) is 4.72 Å². The summed E-state index contributed by atoms with van der Waals surface area (Å²) in [6.45, 7) is 6.69. The van der Waals surface area contributed by atoms with Crippen LogP contribution in [-0.4, -0.2) is 15.0 Å². The molecule has 5 heteroatoms. The number of aryl methyl sites for hydroxylation is 2. The van der Waals surface area contributed by atoms with Crippen molar-refractivity contribution < 1.29 is 8.42 Å². The van der Waals surface area contributed by atoms with E-state index in [0.717, 1.165) is 36.0 Å². The second-order valence-corrected chi connectivity index (χ2v) is 6.59. The van der Waals surface area contributed by atoms with Gasteiger partial charge < -0.3 is 5.73 Å². The SMILES string of the molecule is CCCCCNS(=O)(=O)c1cc(CN)c(C)cc1C. The Morgan fingerprint density at radius 2 is 1.84 bits per heavy atom. The molecule has 1 rings (SSSR count). The molecule has 0 aliphatic heterocycles. The molecule has 0 aromatic heterocycles. The van der Waals surface area contributed by atoms with E-state index < -0.39 is 10.0 Å². The number of hydrogen-bond acceptors (Lipinski definition) is 3. The molecular formula is C14H24N2O2S. The zero-order valence-corrected chi connectivity index (χ0v) is 12.8. The van der Waals surface area contributed by atoms with Crippen molar-refractivity contribution >= 4 is 10.0 Å². The minimum atomic E-state index is -3.43. The number of benzene rings is 1. The number of rotatable bonds is 7. The Bertz CT molecular complexity index is 524. The van der Waals surface area contributed by atoms with Gasteiger partial charge >= 0.3 is 0 Å². The van der Waals surface area contributed by atoms with E-state index in [0.29, 0.717) is 18.0 Å². The molecule has 0 atom stereocenters. The molecule has 3 N–H and O–H groups in total. The molecule has 0 aliphatic carbocycles. The van der Waals surface area contributed by atoms with Gasteiger partial charge in [0.1, 0.15) is 0 Å². The topological polar surface area (TPSA) is 72.2 Å². The predicted octanol–water partition coefficient (Wildman–Crippen LogP) is 2.23. The van der Waals surface area contributed by atoms with Crippen molar-refractivity contribution in [3.8, 4) is 0 Å². The monoisotopic (exact) mass is 284 g/mol. The quantitative estimate of drug-likeness (QED) is 0.754. The molecule has 0 radical (unpaired) electrons. The summed E-state index contributed by atoms with van der Waals surface area (Å²) >= 11 is 0. The summed E-state index contributed by atoms with van der Waals surface area (Å²) in [5, 5.41) is 0. The zero-order chi connectivity index (χ0) is 14.5. The van der Waals surface area contributed by atoms with E-state index in [1.807, 2.05) is 19.9 Å². The van der Waals surface area contributed by atoms with E-state index in [9.17, 15) is 8.42 Å². The third-order valence-electron chi connectivity index (χ3n) is 3.22. The number of unbranched alkanes of at least 4 members (excludes halogenated alkanes) is 2. The molecular weight excluding hydrogens is 260 g/mol. The molecule has 0 unspecified atom stereocenters. The lowest BCUT2D eigenvalue weighted by Gasteiger charge is -2.12. The molecule has 0 fully saturated rings. The number of hydrogen-bond donors (Lipinski definition) is 2. The molecule has 0 amide bonds. The standard InChI is InChI=1S/C14H24N2O2S/c1-4-5-6-7-16-19(17,18)14-9-13(10-15)11(2)8-12(14)3/h8-9,16H,4-7,10,15H2,1-3H3. The number of nitrogens with two attached hydrogens (primary N) is 1. The molecule has 0 saturated carbocycles. The summed E-state index contributed by atoms with van der Waals surface area (Å²) in [6.07, 6.45) is 2.97. The van der Waals surface area contributed by atoms with E-state index in [-0.39, 0.29) is 0 Å². The largest absolute Gasteiger partial charge is 0.326 e. The first kappa shape index (κ1) is 16.1. The lowest BCUT2D eigenvalue weighted by molar-refractivity contribution is 0.575. The number of sulfonamides is 1. The summed E-state index contributed by atoms with van der Waals surface area (Å²) in [4.78, 5) is 0.343. The molecule has 0 aliphatic rings. The van der Waals surface area contributed by atoms with E-state index in [2.05, 4.69) is 11.6 Å². The molecule has 0 saturated heterocycles. The Morgan fingerprint density at radius 1 is 1.16 bits per heavy atom. The highest BCUT2D eigenvalue weighted by molar-refractivity contribution is 7.89. The van der Waals surface area contributed by atoms with Crippen LogP contribution in [0.3, 0.4) is 0 Å². The fourth-order valence-electron chi connectivity index (χ4n) is 2.04. The maximum absolute atomic E-state index is 12.2. The highest BCUT2D eigenvalue weighted by Gasteiger charge is 2.17. The van der Waals surface area contributed by atoms with Crippen LogP contribution in [0.1, 0.15) is 42.9 Å². The smallest absolute Gasteiger partial charge is 0.240 e. The highest BCUT2D eigenvalue weighted by atomic mass is 32.2. The summed E-state index contributed by atoms with van der Waals surface area (Å²) in [6, 6.07) is 3.57. The fraction of sp³-hybridized carbons (Fsp3) is 0.571. The van der Waals surface area contributed by atoms with Crippen LogP contribution in [0.25, 0.3) is 0 Å². The van der Waals surface area contributed by atoms with Crippen molar-refractivity contribution in [2.45, 2.75) is 51.5 Å². The molecule has 108 valence electrons. The maximum Gasteiger partial charge on any atom is 0.240 e. The van der Waals surface area contributed by atoms with Gasteiger partial charge in [-0.05, 0) is 43.0 Å². The van der Waals surface area contributed by atoms with Crippen LogP contribution in [0.15, 0.2) is 17.0 Å². The third kappa shape index (κ3) is 4.30. The van der Waals surface area contributed by atoms with Gasteiger partial charge in [0.15, 0.2) is 0 Å². The summed E-state index contributed by atoms with van der Waals surface area (Å²) in [5.74, 6) is 0. The lowest BCUT2D eigenvalue weighted by Crippen LogP contribution is -2.25. The van der Waals surface area contributed by atoms with Crippen molar-refractivity contribution in [2.24, 2.45) is 5.73 Å². The van der Waals surface area contributed by atoms with Crippen LogP contribution < -0.4 is 10.5 Å². The van der Waals surface area contributed by atoms with Crippen molar-refractivity contribution in [3.63, 3.8) is 0 Å². The van der Waals surface area contributed by atoms with Gasteiger partial charge in [0.2, 0.25) is 10.0 Å². The van der Waals surface area contributed by atoms with Gasteiger partial charge in [-0.3, -0.25) is 0 Å². The molecule has 0 heterocycles. The van der Waals surface area contributed by atoms with Gasteiger partial charge in [-0.15, -0.1) is 0 Å². The van der Waals surface area contributed by atoms with E-state index in [1.165, 1.54) is 0 Å². The molecule has 0 spiro atoms. The Balaban J connectivity index is 2.94. The predicted molar refractivity (Wildman–Crippen MR) is 78.5 cm³/mol. The highest BCUT2D eigenvalue weighted by Crippen LogP contribution is 2.20. The van der Waals surface area contributed by atoms with Crippen LogP contribution in [-0.2, 0) is 16.6 Å². The van der Waals surface area contributed by atoms with Gasteiger partial charge in [-0.1, -0.05) is 25.8 Å². The van der Waals surface area contributed by atoms with Crippen LogP contribution in [0.2, 0.25) is 0 Å². The number of nitrogens with one attached hydrogen (secondary N) is 1. The first-order valence-electron chi connectivity index (χ1n) is 6.72. The van der Waals surface area contributed by atoms with Crippen molar-refractivity contribution in [1.29, 1.82) is 0 Å². The minimum absolute atomic E-state index is 0.343. The summed E-state index contributed by atoms with van der Waals surface area (Å²) in [7, 11) is -3.43. The van der Waals surface area contributed by atoms with E-state index in [1.54, 1.807) is 6.07 Å². The lowest BCUT2D eigenvalue weighted by atomic mass is 10.1. The first-order chi connectivity index (χ1) is 8.92. The van der Waals surface area contributed by atoms with Gasteiger partial charge in [-0.2, -0.15) is 0 Å².